The summed E-state index contributed by atoms with van der Waals surface area (Å²) in [6.07, 6.45) is 26.6. The lowest BCUT2D eigenvalue weighted by Crippen LogP contribution is -2.40. The molecule has 5 unspecified atom stereocenters. The van der Waals surface area contributed by atoms with E-state index in [-0.39, 0.29) is 0 Å². The van der Waals surface area contributed by atoms with Gasteiger partial charge in [0.15, 0.2) is 0 Å². The van der Waals surface area contributed by atoms with Gasteiger partial charge in [0.1, 0.15) is 4.38 Å². The molecule has 0 aromatic carbocycles. The Morgan fingerprint density at radius 2 is 0.682 bits per heavy atom. The Morgan fingerprint density at radius 3 is 0.909 bits per heavy atom. The fourth-order valence-corrected chi connectivity index (χ4v) is 17.3. The van der Waals surface area contributed by atoms with Gasteiger partial charge in [-0.3, -0.25) is 0 Å². The first-order valence-electron chi connectivity index (χ1n) is 20.3. The van der Waals surface area contributed by atoms with Crippen LogP contribution in [0.3, 0.4) is 0 Å². The molecule has 0 spiro atoms. The minimum absolute atomic E-state index is 0.656. The van der Waals surface area contributed by atoms with Crippen molar-refractivity contribution in [3.05, 3.63) is 0 Å². The van der Waals surface area contributed by atoms with E-state index in [1.807, 2.05) is 0 Å². The largest absolute Gasteiger partial charge is 0.335 e. The van der Waals surface area contributed by atoms with E-state index in [4.69, 9.17) is 17.4 Å². The van der Waals surface area contributed by atoms with E-state index in [2.05, 4.69) is 69.2 Å². The zero-order valence-electron chi connectivity index (χ0n) is 32.3. The molecule has 0 aliphatic heterocycles. The molecule has 1 nitrogen and oxygen atoms in total. The summed E-state index contributed by atoms with van der Waals surface area (Å²) in [5.74, 6) is 9.41. The molecular formula is C41H86OS2. The van der Waals surface area contributed by atoms with Gasteiger partial charge in [-0.05, 0) is 84.7 Å². The molecular weight excluding hydrogens is 573 g/mol. The zero-order chi connectivity index (χ0) is 33.3. The molecule has 268 valence electrons. The van der Waals surface area contributed by atoms with Crippen molar-refractivity contribution in [2.45, 2.75) is 198 Å². The summed E-state index contributed by atoms with van der Waals surface area (Å²) in [5, 5.41) is 0. The van der Waals surface area contributed by atoms with Crippen molar-refractivity contribution < 1.29 is 4.74 Å². The molecule has 0 aliphatic rings. The summed E-state index contributed by atoms with van der Waals surface area (Å²) in [4.78, 5) is 0. The van der Waals surface area contributed by atoms with Crippen LogP contribution in [0.5, 0.6) is 0 Å². The Morgan fingerprint density at radius 1 is 0.432 bits per heavy atom. The van der Waals surface area contributed by atoms with Gasteiger partial charge in [0.2, 0.25) is 0 Å². The van der Waals surface area contributed by atoms with Crippen LogP contribution in [0.1, 0.15) is 198 Å². The third-order valence-corrected chi connectivity index (χ3v) is 19.5. The molecule has 0 aromatic heterocycles. The second-order valence-corrected chi connectivity index (χ2v) is 21.1. The highest BCUT2D eigenvalue weighted by atomic mass is 32.3. The van der Waals surface area contributed by atoms with Gasteiger partial charge in [-0.15, -0.1) is 12.6 Å². The zero-order valence-corrected chi connectivity index (χ0v) is 34.0. The Hall–Kier alpha value is 0.530. The first-order chi connectivity index (χ1) is 21.2. The Kier molecular flexibility index (Phi) is 26.8. The third kappa shape index (κ3) is 16.1. The second-order valence-electron chi connectivity index (χ2n) is 15.1. The Balaban J connectivity index is 7.66. The van der Waals surface area contributed by atoms with Gasteiger partial charge in [0.05, 0.1) is 6.61 Å². The van der Waals surface area contributed by atoms with E-state index in [9.17, 15) is 0 Å². The third-order valence-electron chi connectivity index (χ3n) is 11.3. The van der Waals surface area contributed by atoms with Gasteiger partial charge in [0, 0.05) is 0 Å². The SMILES string of the molecule is CCCCC(CC)COC(S)=S(CC(CC)CCCC)(CC(CC)CCCC)(CC(CC)CCCC)CC(CC)CCCC. The smallest absolute Gasteiger partial charge is 0.116 e. The molecule has 0 saturated carbocycles. The molecule has 0 N–H and O–H groups in total. The Labute approximate surface area is 286 Å². The van der Waals surface area contributed by atoms with Crippen molar-refractivity contribution in [1.82, 2.24) is 0 Å². The molecule has 5 atom stereocenters. The first kappa shape index (κ1) is 44.5. The number of thiol groups is 1. The van der Waals surface area contributed by atoms with Crippen LogP contribution in [0.4, 0.5) is 0 Å². The summed E-state index contributed by atoms with van der Waals surface area (Å²) in [7, 11) is -2.20. The maximum Gasteiger partial charge on any atom is 0.116 e. The van der Waals surface area contributed by atoms with Crippen molar-refractivity contribution in [2.75, 3.05) is 29.6 Å². The van der Waals surface area contributed by atoms with Crippen LogP contribution >= 0.6 is 21.4 Å². The van der Waals surface area contributed by atoms with Crippen LogP contribution in [0.15, 0.2) is 0 Å². The molecule has 0 heterocycles. The molecule has 0 rings (SSSR count). The summed E-state index contributed by atoms with van der Waals surface area (Å²) in [6, 6.07) is 0. The van der Waals surface area contributed by atoms with Crippen molar-refractivity contribution in [3.63, 3.8) is 0 Å². The minimum atomic E-state index is -2.20. The number of rotatable bonds is 30. The van der Waals surface area contributed by atoms with Crippen molar-refractivity contribution >= 4 is 25.8 Å². The van der Waals surface area contributed by atoms with Crippen LogP contribution in [0.2, 0.25) is 0 Å². The molecule has 0 fully saturated rings. The van der Waals surface area contributed by atoms with Crippen LogP contribution in [0, 0.1) is 29.6 Å². The molecule has 0 aromatic rings. The van der Waals surface area contributed by atoms with E-state index in [1.165, 1.54) is 156 Å². The fraction of sp³-hybridized carbons (Fsp3) is 0.976. The maximum atomic E-state index is 7.29. The number of unbranched alkanes of at least 4 members (excludes halogenated alkanes) is 5. The topological polar surface area (TPSA) is 9.23 Å². The first-order valence-corrected chi connectivity index (χ1v) is 23.4. The second kappa shape index (κ2) is 26.5. The average Bonchev–Trinajstić information content (AvgIpc) is 3.05. The summed E-state index contributed by atoms with van der Waals surface area (Å²) >= 11 is 5.76. The lowest BCUT2D eigenvalue weighted by molar-refractivity contribution is 0.233. The van der Waals surface area contributed by atoms with Crippen molar-refractivity contribution in [3.8, 4) is 0 Å². The predicted octanol–water partition coefficient (Wildman–Crippen LogP) is 14.4. The van der Waals surface area contributed by atoms with Crippen molar-refractivity contribution in [1.29, 1.82) is 0 Å². The molecule has 0 amide bonds. The molecule has 0 radical (unpaired) electrons. The standard InChI is InChI=1S/C41H86OS2/c1-11-21-26-36(16-6)31-42-41(43)44(32-37(17-7)27-22-12-2,33-38(18-8)28-23-13-3,34-39(19-9)29-24-14-4)35-40(20-10)30-25-15-5/h36-40,43H,11-35H2,1-10H3. The van der Waals surface area contributed by atoms with Gasteiger partial charge in [-0.1, -0.05) is 166 Å². The lowest BCUT2D eigenvalue weighted by atomic mass is 10.0. The number of hydrogen-bond donors (Lipinski definition) is 1. The highest BCUT2D eigenvalue weighted by molar-refractivity contribution is 8.53. The number of hydrogen-bond acceptors (Lipinski definition) is 1. The highest BCUT2D eigenvalue weighted by Crippen LogP contribution is 2.67. The highest BCUT2D eigenvalue weighted by Gasteiger charge is 2.44. The van der Waals surface area contributed by atoms with Gasteiger partial charge >= 0.3 is 0 Å². The monoisotopic (exact) mass is 659 g/mol. The normalized spacial score (nSPS) is 16.7. The van der Waals surface area contributed by atoms with E-state index < -0.39 is 8.75 Å². The maximum absolute atomic E-state index is 7.29. The van der Waals surface area contributed by atoms with Gasteiger partial charge in [0.25, 0.3) is 0 Å². The van der Waals surface area contributed by atoms with E-state index >= 15 is 0 Å². The van der Waals surface area contributed by atoms with Crippen molar-refractivity contribution in [2.24, 2.45) is 29.6 Å². The van der Waals surface area contributed by atoms with Gasteiger partial charge < -0.3 is 4.74 Å². The van der Waals surface area contributed by atoms with E-state index in [0.717, 1.165) is 30.3 Å². The lowest BCUT2D eigenvalue weighted by Gasteiger charge is -2.58. The summed E-state index contributed by atoms with van der Waals surface area (Å²) < 4.78 is 8.57. The average molecular weight is 659 g/mol. The molecule has 0 bridgehead atoms. The number of ether oxygens (including phenoxy) is 1. The predicted molar refractivity (Wildman–Crippen MR) is 214 cm³/mol. The van der Waals surface area contributed by atoms with Crippen LogP contribution in [-0.4, -0.2) is 34.0 Å². The van der Waals surface area contributed by atoms with Gasteiger partial charge in [-0.2, -0.15) is 0 Å². The molecule has 0 aliphatic carbocycles. The minimum Gasteiger partial charge on any atom is -0.335 e. The summed E-state index contributed by atoms with van der Waals surface area (Å²) in [5.41, 5.74) is 0. The van der Waals surface area contributed by atoms with Crippen LogP contribution < -0.4 is 0 Å². The fourth-order valence-electron chi connectivity index (χ4n) is 8.01. The summed E-state index contributed by atoms with van der Waals surface area (Å²) in [6.45, 7) is 25.1. The molecule has 0 saturated heterocycles. The van der Waals surface area contributed by atoms with Gasteiger partial charge in [-0.25, -0.2) is 8.75 Å². The Bertz CT molecular complexity index is 635. The molecule has 3 heteroatoms. The van der Waals surface area contributed by atoms with E-state index in [0.29, 0.717) is 5.92 Å². The molecule has 44 heavy (non-hydrogen) atoms. The van der Waals surface area contributed by atoms with E-state index in [1.54, 1.807) is 0 Å². The van der Waals surface area contributed by atoms with Crippen LogP contribution in [0.25, 0.3) is 0 Å². The van der Waals surface area contributed by atoms with Crippen LogP contribution in [-0.2, 0) is 4.74 Å². The quantitative estimate of drug-likeness (QED) is 0.0597.